The van der Waals surface area contributed by atoms with Crippen LogP contribution in [0.1, 0.15) is 84.5 Å². The molecule has 13 nitrogen and oxygen atoms in total. The molecule has 4 heterocycles. The lowest BCUT2D eigenvalue weighted by Crippen LogP contribution is -2.52. The first-order valence-corrected chi connectivity index (χ1v) is 21.9. The number of nitrogens with zero attached hydrogens (tertiary/aromatic N) is 2. The van der Waals surface area contributed by atoms with Gasteiger partial charge >= 0.3 is 0 Å². The van der Waals surface area contributed by atoms with E-state index < -0.39 is 28.0 Å². The lowest BCUT2D eigenvalue weighted by atomic mass is 9.82. The van der Waals surface area contributed by atoms with E-state index in [1.54, 1.807) is 40.7 Å². The fraction of sp³-hybridized carbons (Fsp3) is 0.378. The monoisotopic (exact) mass is 819 g/mol. The molecule has 4 aliphatic heterocycles. The van der Waals surface area contributed by atoms with Crippen LogP contribution >= 0.6 is 0 Å². The van der Waals surface area contributed by atoms with Crippen LogP contribution < -0.4 is 20.7 Å². The molecule has 59 heavy (non-hydrogen) atoms. The molecule has 4 aromatic carbocycles. The van der Waals surface area contributed by atoms with E-state index in [-0.39, 0.29) is 54.1 Å². The van der Waals surface area contributed by atoms with E-state index in [0.717, 1.165) is 52.8 Å². The van der Waals surface area contributed by atoms with Crippen molar-refractivity contribution in [1.29, 1.82) is 0 Å². The molecular formula is C45H49N5O8S. The van der Waals surface area contributed by atoms with Crippen LogP contribution in [0, 0.1) is 12.8 Å². The molecule has 4 N–H and O–H groups in total. The number of aliphatic hydroxyl groups excluding tert-OH is 1. The summed E-state index contributed by atoms with van der Waals surface area (Å²) in [5, 5.41) is 19.1. The van der Waals surface area contributed by atoms with Gasteiger partial charge in [-0.25, -0.2) is 8.42 Å². The second kappa shape index (κ2) is 17.0. The van der Waals surface area contributed by atoms with Gasteiger partial charge in [0.25, 0.3) is 5.91 Å². The number of fused-ring (bicyclic) bond motifs is 4. The summed E-state index contributed by atoms with van der Waals surface area (Å²) >= 11 is 0. The molecule has 4 atom stereocenters. The van der Waals surface area contributed by atoms with Crippen molar-refractivity contribution < 1.29 is 37.4 Å². The predicted molar refractivity (Wildman–Crippen MR) is 222 cm³/mol. The van der Waals surface area contributed by atoms with Crippen LogP contribution in [0.15, 0.2) is 89.8 Å². The molecule has 4 amide bonds. The Morgan fingerprint density at radius 1 is 0.915 bits per heavy atom. The average molecular weight is 820 g/mol. The number of hydrogen-bond acceptors (Lipinski definition) is 9. The zero-order valence-electron chi connectivity index (χ0n) is 33.0. The van der Waals surface area contributed by atoms with Crippen molar-refractivity contribution in [2.24, 2.45) is 5.92 Å². The van der Waals surface area contributed by atoms with Crippen LogP contribution in [0.5, 0.6) is 5.75 Å². The molecule has 4 aliphatic rings. The van der Waals surface area contributed by atoms with E-state index in [9.17, 15) is 32.7 Å². The first-order chi connectivity index (χ1) is 28.5. The summed E-state index contributed by atoms with van der Waals surface area (Å²) in [5.74, 6) is -0.568. The molecule has 308 valence electrons. The first kappa shape index (κ1) is 40.2. The van der Waals surface area contributed by atoms with Crippen molar-refractivity contribution in [2.75, 3.05) is 30.4 Å². The van der Waals surface area contributed by atoms with Crippen LogP contribution in [0.4, 0.5) is 11.4 Å². The van der Waals surface area contributed by atoms with Gasteiger partial charge in [-0.3, -0.25) is 24.5 Å². The molecule has 0 aliphatic carbocycles. The van der Waals surface area contributed by atoms with Gasteiger partial charge in [-0.2, -0.15) is 4.31 Å². The highest BCUT2D eigenvalue weighted by molar-refractivity contribution is 7.89. The lowest BCUT2D eigenvalue weighted by Gasteiger charge is -2.39. The third kappa shape index (κ3) is 8.21. The largest absolute Gasteiger partial charge is 0.493 e. The van der Waals surface area contributed by atoms with Gasteiger partial charge in [0.05, 0.1) is 36.7 Å². The zero-order chi connectivity index (χ0) is 41.3. The molecule has 0 saturated carbocycles. The van der Waals surface area contributed by atoms with Crippen molar-refractivity contribution >= 4 is 45.0 Å². The topological polar surface area (TPSA) is 174 Å². The predicted octanol–water partition coefficient (Wildman–Crippen LogP) is 5.93. The Kier molecular flexibility index (Phi) is 11.6. The summed E-state index contributed by atoms with van der Waals surface area (Å²) in [4.78, 5) is 51.9. The van der Waals surface area contributed by atoms with E-state index >= 15 is 0 Å². The van der Waals surface area contributed by atoms with Crippen LogP contribution in [0.3, 0.4) is 0 Å². The fourth-order valence-corrected chi connectivity index (χ4v) is 10.6. The number of aryl methyl sites for hydroxylation is 1. The molecule has 8 rings (SSSR count). The SMILES string of the molecule is Cc1ccc(S(=O)(=O)N2CC[C@@H]3[C@H](CO)Nc4ccc(-c5cccc(NC(=O)CCCCCCOc6cccc7c6CN(C6CCC(=O)NC6=O)C7=O)c5)cc4[C@@H]32)cc1. The normalized spacial score (nSPS) is 21.3. The molecular weight excluding hydrogens is 771 g/mol. The number of ether oxygens (including phenoxy) is 1. The molecule has 2 fully saturated rings. The number of aliphatic hydroxyl groups is 1. The summed E-state index contributed by atoms with van der Waals surface area (Å²) < 4.78 is 35.6. The third-order valence-corrected chi connectivity index (χ3v) is 13.9. The van der Waals surface area contributed by atoms with Gasteiger partial charge < -0.3 is 25.4 Å². The second-order valence-corrected chi connectivity index (χ2v) is 17.8. The Hall–Kier alpha value is -5.57. The quantitative estimate of drug-likeness (QED) is 0.0889. The maximum absolute atomic E-state index is 14.0. The number of hydrogen-bond donors (Lipinski definition) is 4. The Labute approximate surface area is 344 Å². The van der Waals surface area contributed by atoms with Gasteiger partial charge in [0.15, 0.2) is 0 Å². The van der Waals surface area contributed by atoms with E-state index in [4.69, 9.17) is 4.74 Å². The summed E-state index contributed by atoms with van der Waals surface area (Å²) in [6, 6.07) is 24.4. The standard InChI is InChI=1S/C45H49N5O8S/c1-28-13-16-32(17-14-28)59(56,57)50-22-21-34-38(27-51)47-37-18-15-30(25-35(37)43(34)50)29-8-6-9-31(24-29)46-41(52)12-4-2-3-5-23-58-40-11-7-10-33-36(40)26-49(45(33)55)39-19-20-42(53)48-44(39)54/h6-11,13-18,24-25,34,38-39,43,47,51H,2-5,12,19-23,26-27H2,1H3,(H,46,52)(H,48,53,54)/t34-,38+,39?,43-/m1/s1. The van der Waals surface area contributed by atoms with Crippen molar-refractivity contribution in [3.63, 3.8) is 0 Å². The minimum Gasteiger partial charge on any atom is -0.493 e. The number of imide groups is 1. The number of carbonyl (C=O) groups is 4. The highest BCUT2D eigenvalue weighted by atomic mass is 32.2. The van der Waals surface area contributed by atoms with E-state index in [1.807, 2.05) is 55.5 Å². The van der Waals surface area contributed by atoms with Crippen LogP contribution in [0.25, 0.3) is 11.1 Å². The van der Waals surface area contributed by atoms with Crippen molar-refractivity contribution in [3.05, 3.63) is 107 Å². The molecule has 14 heteroatoms. The average Bonchev–Trinajstić information content (AvgIpc) is 3.83. The summed E-state index contributed by atoms with van der Waals surface area (Å²) in [5.41, 5.74) is 6.36. The van der Waals surface area contributed by atoms with Gasteiger partial charge in [-0.05, 0) is 97.8 Å². The van der Waals surface area contributed by atoms with Gasteiger partial charge in [0.2, 0.25) is 27.7 Å². The van der Waals surface area contributed by atoms with Gasteiger partial charge in [-0.15, -0.1) is 0 Å². The number of sulfonamides is 1. The van der Waals surface area contributed by atoms with E-state index in [1.165, 1.54) is 4.90 Å². The summed E-state index contributed by atoms with van der Waals surface area (Å²) in [7, 11) is -3.79. The number of piperidine rings is 1. The molecule has 1 unspecified atom stereocenters. The second-order valence-electron chi connectivity index (χ2n) is 15.9. The molecule has 0 bridgehead atoms. The molecule has 0 radical (unpaired) electrons. The number of benzene rings is 4. The minimum atomic E-state index is -3.79. The van der Waals surface area contributed by atoms with Crippen LogP contribution in [-0.4, -0.2) is 78.2 Å². The van der Waals surface area contributed by atoms with Crippen molar-refractivity contribution in [3.8, 4) is 16.9 Å². The van der Waals surface area contributed by atoms with Crippen molar-refractivity contribution in [2.45, 2.75) is 87.9 Å². The van der Waals surface area contributed by atoms with E-state index in [0.29, 0.717) is 55.8 Å². The molecule has 0 aromatic heterocycles. The number of anilines is 2. The van der Waals surface area contributed by atoms with Gasteiger partial charge in [-0.1, -0.05) is 54.8 Å². The molecule has 0 spiro atoms. The maximum Gasteiger partial charge on any atom is 0.255 e. The number of carbonyl (C=O) groups excluding carboxylic acids is 4. The molecule has 2 saturated heterocycles. The number of nitrogens with one attached hydrogen (secondary N) is 3. The van der Waals surface area contributed by atoms with Gasteiger partial charge in [0.1, 0.15) is 11.8 Å². The Morgan fingerprint density at radius 2 is 1.69 bits per heavy atom. The van der Waals surface area contributed by atoms with Crippen LogP contribution in [-0.2, 0) is 31.0 Å². The van der Waals surface area contributed by atoms with Crippen molar-refractivity contribution in [1.82, 2.24) is 14.5 Å². The smallest absolute Gasteiger partial charge is 0.255 e. The fourth-order valence-electron chi connectivity index (χ4n) is 8.93. The maximum atomic E-state index is 14.0. The number of unbranched alkanes of at least 4 members (excludes halogenated alkanes) is 3. The first-order valence-electron chi connectivity index (χ1n) is 20.4. The third-order valence-electron chi connectivity index (χ3n) is 12.0. The number of rotatable bonds is 14. The number of amides is 4. The van der Waals surface area contributed by atoms with Gasteiger partial charge in [0, 0.05) is 47.8 Å². The zero-order valence-corrected chi connectivity index (χ0v) is 33.8. The minimum absolute atomic E-state index is 0.0843. The Morgan fingerprint density at radius 3 is 2.49 bits per heavy atom. The van der Waals surface area contributed by atoms with Crippen LogP contribution in [0.2, 0.25) is 0 Å². The highest BCUT2D eigenvalue weighted by Gasteiger charge is 2.48. The Balaban J connectivity index is 0.837. The highest BCUT2D eigenvalue weighted by Crippen LogP contribution is 2.49. The summed E-state index contributed by atoms with van der Waals surface area (Å²) in [6.07, 6.45) is 4.66. The summed E-state index contributed by atoms with van der Waals surface area (Å²) in [6.45, 7) is 2.88. The Bertz CT molecular complexity index is 2390. The molecule has 4 aromatic rings. The lowest BCUT2D eigenvalue weighted by molar-refractivity contribution is -0.137. The van der Waals surface area contributed by atoms with E-state index in [2.05, 4.69) is 16.0 Å².